The second-order valence-electron chi connectivity index (χ2n) is 9.67. The van der Waals surface area contributed by atoms with Gasteiger partial charge in [0.05, 0.1) is 5.69 Å². The molecule has 40 heavy (non-hydrogen) atoms. The van der Waals surface area contributed by atoms with Gasteiger partial charge in [-0.3, -0.25) is 9.36 Å². The number of hydrogen-bond acceptors (Lipinski definition) is 7. The number of nitrogens with zero attached hydrogens (tertiary/aromatic N) is 4. The number of imidazole rings is 1. The van der Waals surface area contributed by atoms with Crippen LogP contribution >= 0.6 is 0 Å². The molecule has 3 aromatic rings. The minimum atomic E-state index is -4.83. The van der Waals surface area contributed by atoms with Crippen LogP contribution < -0.4 is 15.4 Å². The lowest BCUT2D eigenvalue weighted by molar-refractivity contribution is -0.274. The first-order chi connectivity index (χ1) is 19.1. The van der Waals surface area contributed by atoms with Crippen molar-refractivity contribution in [1.82, 2.24) is 24.8 Å². The first kappa shape index (κ1) is 30.9. The number of rotatable bonds is 15. The van der Waals surface area contributed by atoms with E-state index < -0.39 is 12.4 Å². The van der Waals surface area contributed by atoms with Crippen molar-refractivity contribution in [3.63, 3.8) is 0 Å². The third-order valence-corrected chi connectivity index (χ3v) is 5.79. The molecule has 0 saturated heterocycles. The van der Waals surface area contributed by atoms with Crippen LogP contribution in [0.5, 0.6) is 5.75 Å². The number of aromatic nitrogens is 4. The lowest BCUT2D eigenvalue weighted by Crippen LogP contribution is -2.41. The molecule has 1 amide bonds. The number of carbonyl (C=O) groups is 1. The Labute approximate surface area is 232 Å². The zero-order chi connectivity index (χ0) is 29.1. The number of carbonyl (C=O) groups excluding carboxylic acids is 1. The summed E-state index contributed by atoms with van der Waals surface area (Å²) in [5, 5.41) is 6.24. The molecule has 1 atom stereocenters. The lowest BCUT2D eigenvalue weighted by atomic mass is 10.0. The van der Waals surface area contributed by atoms with Gasteiger partial charge in [0, 0.05) is 43.3 Å². The molecule has 2 aromatic heterocycles. The SMILES string of the molecule is CCCc1cc(N[C@@H](CC(C)C)C(=O)NCCCOCC)nc(-n2cnc(-c3ccccc3OC(F)(F)F)c2)n1. The van der Waals surface area contributed by atoms with E-state index in [0.29, 0.717) is 44.8 Å². The van der Waals surface area contributed by atoms with Crippen molar-refractivity contribution >= 4 is 11.7 Å². The normalized spacial score (nSPS) is 12.4. The summed E-state index contributed by atoms with van der Waals surface area (Å²) in [5.41, 5.74) is 1.20. The molecule has 12 heteroatoms. The number of nitrogens with one attached hydrogen (secondary N) is 2. The van der Waals surface area contributed by atoms with Gasteiger partial charge in [-0.15, -0.1) is 13.2 Å². The summed E-state index contributed by atoms with van der Waals surface area (Å²) in [4.78, 5) is 26.5. The number of ether oxygens (including phenoxy) is 2. The Hall–Kier alpha value is -3.67. The molecular weight excluding hydrogens is 525 g/mol. The topological polar surface area (TPSA) is 103 Å². The Kier molecular flexibility index (Phi) is 11.3. The summed E-state index contributed by atoms with van der Waals surface area (Å²) in [5.74, 6) is 0.514. The molecular formula is C28H37F3N6O3. The highest BCUT2D eigenvalue weighted by atomic mass is 19.4. The monoisotopic (exact) mass is 562 g/mol. The van der Waals surface area contributed by atoms with Crippen molar-refractivity contribution in [2.24, 2.45) is 5.92 Å². The summed E-state index contributed by atoms with van der Waals surface area (Å²) in [6.07, 6.45) is 0.959. The molecule has 0 spiro atoms. The Bertz CT molecular complexity index is 1230. The number of halogens is 3. The maximum Gasteiger partial charge on any atom is 0.573 e. The number of aryl methyl sites for hydroxylation is 1. The quantitative estimate of drug-likeness (QED) is 0.234. The molecule has 0 aliphatic heterocycles. The molecule has 1 aromatic carbocycles. The minimum Gasteiger partial charge on any atom is -0.405 e. The van der Waals surface area contributed by atoms with E-state index in [1.165, 1.54) is 29.1 Å². The molecule has 0 unspecified atom stereocenters. The fraction of sp³-hybridized carbons (Fsp3) is 0.500. The Morgan fingerprint density at radius 2 is 1.93 bits per heavy atom. The largest absolute Gasteiger partial charge is 0.573 e. The molecule has 2 N–H and O–H groups in total. The molecule has 0 saturated carbocycles. The van der Waals surface area contributed by atoms with Crippen LogP contribution in [0.15, 0.2) is 42.9 Å². The Morgan fingerprint density at radius 1 is 1.15 bits per heavy atom. The molecule has 9 nitrogen and oxygen atoms in total. The van der Waals surface area contributed by atoms with E-state index in [1.54, 1.807) is 12.3 Å². The van der Waals surface area contributed by atoms with Crippen molar-refractivity contribution < 1.29 is 27.4 Å². The average molecular weight is 563 g/mol. The van der Waals surface area contributed by atoms with E-state index in [1.807, 2.05) is 33.8 Å². The highest BCUT2D eigenvalue weighted by molar-refractivity contribution is 5.84. The fourth-order valence-electron chi connectivity index (χ4n) is 4.06. The smallest absolute Gasteiger partial charge is 0.405 e. The highest BCUT2D eigenvalue weighted by Crippen LogP contribution is 2.33. The summed E-state index contributed by atoms with van der Waals surface area (Å²) in [6, 6.07) is 7.09. The van der Waals surface area contributed by atoms with Gasteiger partial charge in [0.15, 0.2) is 0 Å². The van der Waals surface area contributed by atoms with Gasteiger partial charge in [-0.1, -0.05) is 39.3 Å². The van der Waals surface area contributed by atoms with Crippen LogP contribution in [-0.4, -0.2) is 57.6 Å². The molecule has 3 rings (SSSR count). The molecule has 0 radical (unpaired) electrons. The summed E-state index contributed by atoms with van der Waals surface area (Å²) >= 11 is 0. The van der Waals surface area contributed by atoms with Crippen LogP contribution in [-0.2, 0) is 16.0 Å². The fourth-order valence-corrected chi connectivity index (χ4v) is 4.06. The van der Waals surface area contributed by atoms with Gasteiger partial charge >= 0.3 is 6.36 Å². The zero-order valence-electron chi connectivity index (χ0n) is 23.3. The van der Waals surface area contributed by atoms with Gasteiger partial charge in [0.1, 0.15) is 23.9 Å². The van der Waals surface area contributed by atoms with Crippen LogP contribution in [0.4, 0.5) is 19.0 Å². The van der Waals surface area contributed by atoms with E-state index in [-0.39, 0.29) is 34.8 Å². The average Bonchev–Trinajstić information content (AvgIpc) is 3.37. The van der Waals surface area contributed by atoms with E-state index in [2.05, 4.69) is 30.3 Å². The maximum atomic E-state index is 13.0. The second kappa shape index (κ2) is 14.6. The van der Waals surface area contributed by atoms with E-state index in [4.69, 9.17) is 4.74 Å². The van der Waals surface area contributed by atoms with E-state index >= 15 is 0 Å². The van der Waals surface area contributed by atoms with Crippen LogP contribution in [0.1, 0.15) is 52.7 Å². The first-order valence-electron chi connectivity index (χ1n) is 13.5. The third kappa shape index (κ3) is 9.51. The van der Waals surface area contributed by atoms with Crippen LogP contribution in [0, 0.1) is 5.92 Å². The van der Waals surface area contributed by atoms with Gasteiger partial charge in [0.2, 0.25) is 11.9 Å². The van der Waals surface area contributed by atoms with Gasteiger partial charge in [-0.25, -0.2) is 9.97 Å². The van der Waals surface area contributed by atoms with Crippen molar-refractivity contribution in [2.75, 3.05) is 25.1 Å². The number of amides is 1. The van der Waals surface area contributed by atoms with E-state index in [9.17, 15) is 18.0 Å². The van der Waals surface area contributed by atoms with E-state index in [0.717, 1.165) is 12.1 Å². The summed E-state index contributed by atoms with van der Waals surface area (Å²) in [6.45, 7) is 9.75. The third-order valence-electron chi connectivity index (χ3n) is 5.79. The van der Waals surface area contributed by atoms with Gasteiger partial charge in [-0.05, 0) is 44.2 Å². The lowest BCUT2D eigenvalue weighted by Gasteiger charge is -2.21. The van der Waals surface area contributed by atoms with Crippen LogP contribution in [0.2, 0.25) is 0 Å². The number of benzene rings is 1. The Morgan fingerprint density at radius 3 is 2.62 bits per heavy atom. The number of anilines is 1. The molecule has 0 bridgehead atoms. The molecule has 218 valence electrons. The summed E-state index contributed by atoms with van der Waals surface area (Å²) in [7, 11) is 0. The zero-order valence-corrected chi connectivity index (χ0v) is 23.3. The predicted molar refractivity (Wildman–Crippen MR) is 146 cm³/mol. The molecule has 0 aliphatic rings. The van der Waals surface area contributed by atoms with Crippen molar-refractivity contribution in [3.8, 4) is 23.0 Å². The van der Waals surface area contributed by atoms with Crippen molar-refractivity contribution in [1.29, 1.82) is 0 Å². The van der Waals surface area contributed by atoms with Crippen molar-refractivity contribution in [3.05, 3.63) is 48.5 Å². The van der Waals surface area contributed by atoms with Gasteiger partial charge in [-0.2, -0.15) is 4.98 Å². The minimum absolute atomic E-state index is 0.131. The summed E-state index contributed by atoms with van der Waals surface area (Å²) < 4.78 is 49.8. The van der Waals surface area contributed by atoms with Gasteiger partial charge in [0.25, 0.3) is 0 Å². The van der Waals surface area contributed by atoms with Gasteiger partial charge < -0.3 is 20.1 Å². The second-order valence-corrected chi connectivity index (χ2v) is 9.67. The molecule has 0 aliphatic carbocycles. The standard InChI is InChI=1S/C28H37F3N6O3/c1-5-10-20-16-25(35-22(15-19(3)4)26(38)32-13-9-14-39-6-2)36-27(34-20)37-17-23(33-18-37)21-11-7-8-12-24(21)40-28(29,30)31/h7-8,11-12,16-19,22H,5-6,9-10,13-15H2,1-4H3,(H,32,38)(H,34,35,36)/t22-/m0/s1. The first-order valence-corrected chi connectivity index (χ1v) is 13.5. The number of hydrogen-bond donors (Lipinski definition) is 2. The maximum absolute atomic E-state index is 13.0. The van der Waals surface area contributed by atoms with Crippen LogP contribution in [0.3, 0.4) is 0 Å². The number of para-hydroxylation sites is 1. The number of alkyl halides is 3. The highest BCUT2D eigenvalue weighted by Gasteiger charge is 2.32. The Balaban J connectivity index is 1.86. The van der Waals surface area contributed by atoms with Crippen LogP contribution in [0.25, 0.3) is 17.2 Å². The van der Waals surface area contributed by atoms with Crippen molar-refractivity contribution in [2.45, 2.75) is 65.8 Å². The molecule has 2 heterocycles. The molecule has 0 fully saturated rings. The predicted octanol–water partition coefficient (Wildman–Crippen LogP) is 5.55.